The monoisotopic (exact) mass is 217 g/mol. The van der Waals surface area contributed by atoms with E-state index in [1.54, 1.807) is 0 Å². The molecule has 84 valence electrons. The van der Waals surface area contributed by atoms with Gasteiger partial charge in [-0.05, 0) is 43.6 Å². The van der Waals surface area contributed by atoms with Crippen LogP contribution in [0.4, 0.5) is 0 Å². The van der Waals surface area contributed by atoms with Crippen molar-refractivity contribution in [2.75, 3.05) is 13.1 Å². The molecule has 0 aromatic carbocycles. The predicted molar refractivity (Wildman–Crippen MR) is 64.0 cm³/mol. The summed E-state index contributed by atoms with van der Waals surface area (Å²) in [5, 5.41) is 3.57. The van der Waals surface area contributed by atoms with Crippen molar-refractivity contribution < 1.29 is 0 Å². The Morgan fingerprint density at radius 3 is 2.36 bits per heavy atom. The minimum atomic E-state index is 0. The molecular formula is C12H24ClN. The van der Waals surface area contributed by atoms with Gasteiger partial charge in [0.15, 0.2) is 0 Å². The standard InChI is InChI=1S/C12H23N.ClH/c1-12(8-5-9-13-10-12)11-6-3-2-4-7-11;/h11,13H,2-10H2,1H3;1H. The minimum Gasteiger partial charge on any atom is -0.316 e. The third-order valence-corrected chi connectivity index (χ3v) is 4.22. The van der Waals surface area contributed by atoms with Gasteiger partial charge in [-0.2, -0.15) is 0 Å². The second-order valence-corrected chi connectivity index (χ2v) is 5.27. The van der Waals surface area contributed by atoms with Crippen LogP contribution in [0.15, 0.2) is 0 Å². The van der Waals surface area contributed by atoms with Gasteiger partial charge in [0.25, 0.3) is 0 Å². The maximum absolute atomic E-state index is 3.57. The van der Waals surface area contributed by atoms with Crippen molar-refractivity contribution in [3.63, 3.8) is 0 Å². The molecule has 1 nitrogen and oxygen atoms in total. The molecule has 1 unspecified atom stereocenters. The minimum absolute atomic E-state index is 0. The molecule has 1 heterocycles. The Labute approximate surface area is 94.4 Å². The molecule has 0 aromatic heterocycles. The van der Waals surface area contributed by atoms with Crippen LogP contribution in [0.2, 0.25) is 0 Å². The van der Waals surface area contributed by atoms with Gasteiger partial charge in [-0.25, -0.2) is 0 Å². The number of nitrogens with one attached hydrogen (secondary N) is 1. The van der Waals surface area contributed by atoms with Crippen molar-refractivity contribution in [3.05, 3.63) is 0 Å². The molecule has 2 rings (SSSR count). The van der Waals surface area contributed by atoms with Gasteiger partial charge in [-0.15, -0.1) is 12.4 Å². The zero-order valence-electron chi connectivity index (χ0n) is 9.35. The first-order valence-corrected chi connectivity index (χ1v) is 6.02. The number of rotatable bonds is 1. The smallest absolute Gasteiger partial charge is 0.000782 e. The van der Waals surface area contributed by atoms with E-state index in [9.17, 15) is 0 Å². The Kier molecular flexibility index (Phi) is 4.72. The zero-order chi connectivity index (χ0) is 9.15. The summed E-state index contributed by atoms with van der Waals surface area (Å²) in [5.41, 5.74) is 0.638. The summed E-state index contributed by atoms with van der Waals surface area (Å²) in [4.78, 5) is 0. The highest BCUT2D eigenvalue weighted by atomic mass is 35.5. The summed E-state index contributed by atoms with van der Waals surface area (Å²) < 4.78 is 0. The number of piperidine rings is 1. The van der Waals surface area contributed by atoms with Crippen molar-refractivity contribution >= 4 is 12.4 Å². The molecule has 0 amide bonds. The van der Waals surface area contributed by atoms with Crippen LogP contribution in [-0.2, 0) is 0 Å². The molecule has 0 radical (unpaired) electrons. The quantitative estimate of drug-likeness (QED) is 0.710. The first-order valence-electron chi connectivity index (χ1n) is 6.02. The van der Waals surface area contributed by atoms with Crippen LogP contribution < -0.4 is 5.32 Å². The molecule has 1 saturated carbocycles. The van der Waals surface area contributed by atoms with Crippen molar-refractivity contribution in [2.45, 2.75) is 51.9 Å². The third kappa shape index (κ3) is 2.64. The third-order valence-electron chi connectivity index (χ3n) is 4.22. The van der Waals surface area contributed by atoms with E-state index in [1.807, 2.05) is 0 Å². The normalized spacial score (nSPS) is 34.9. The van der Waals surface area contributed by atoms with Crippen LogP contribution in [-0.4, -0.2) is 13.1 Å². The highest BCUT2D eigenvalue weighted by Gasteiger charge is 2.35. The highest BCUT2D eigenvalue weighted by Crippen LogP contribution is 2.42. The Bertz CT molecular complexity index is 158. The van der Waals surface area contributed by atoms with E-state index in [0.29, 0.717) is 5.41 Å². The molecule has 2 fully saturated rings. The van der Waals surface area contributed by atoms with E-state index in [1.165, 1.54) is 58.0 Å². The molecule has 2 heteroatoms. The fourth-order valence-electron chi connectivity index (χ4n) is 3.23. The number of hydrogen-bond donors (Lipinski definition) is 1. The topological polar surface area (TPSA) is 12.0 Å². The van der Waals surface area contributed by atoms with Crippen molar-refractivity contribution in [1.82, 2.24) is 5.32 Å². The maximum Gasteiger partial charge on any atom is 0.000782 e. The van der Waals surface area contributed by atoms with E-state index >= 15 is 0 Å². The summed E-state index contributed by atoms with van der Waals surface area (Å²) in [5.74, 6) is 1.02. The lowest BCUT2D eigenvalue weighted by atomic mass is 9.66. The first kappa shape index (κ1) is 12.3. The van der Waals surface area contributed by atoms with Crippen molar-refractivity contribution in [2.24, 2.45) is 11.3 Å². The fraction of sp³-hybridized carbons (Fsp3) is 1.00. The van der Waals surface area contributed by atoms with E-state index in [2.05, 4.69) is 12.2 Å². The van der Waals surface area contributed by atoms with Gasteiger partial charge >= 0.3 is 0 Å². The summed E-state index contributed by atoms with van der Waals surface area (Å²) in [6.07, 6.45) is 10.3. The van der Waals surface area contributed by atoms with Gasteiger partial charge in [0.1, 0.15) is 0 Å². The lowest BCUT2D eigenvalue weighted by Crippen LogP contribution is -2.43. The molecule has 0 spiro atoms. The fourth-order valence-corrected chi connectivity index (χ4v) is 3.23. The van der Waals surface area contributed by atoms with Gasteiger partial charge in [0.05, 0.1) is 0 Å². The average molecular weight is 218 g/mol. The molecule has 1 aliphatic heterocycles. The second kappa shape index (κ2) is 5.37. The molecule has 1 N–H and O–H groups in total. The van der Waals surface area contributed by atoms with Gasteiger partial charge in [-0.3, -0.25) is 0 Å². The zero-order valence-corrected chi connectivity index (χ0v) is 10.2. The Balaban J connectivity index is 0.000000980. The Hall–Kier alpha value is 0.250. The number of hydrogen-bond acceptors (Lipinski definition) is 1. The Morgan fingerprint density at radius 1 is 1.07 bits per heavy atom. The van der Waals surface area contributed by atoms with Gasteiger partial charge in [-0.1, -0.05) is 26.2 Å². The van der Waals surface area contributed by atoms with Gasteiger partial charge < -0.3 is 5.32 Å². The van der Waals surface area contributed by atoms with Gasteiger partial charge in [0.2, 0.25) is 0 Å². The highest BCUT2D eigenvalue weighted by molar-refractivity contribution is 5.85. The average Bonchev–Trinajstić information content (AvgIpc) is 2.20. The lowest BCUT2D eigenvalue weighted by Gasteiger charge is -2.43. The largest absolute Gasteiger partial charge is 0.316 e. The van der Waals surface area contributed by atoms with Gasteiger partial charge in [0, 0.05) is 6.54 Å². The number of halogens is 1. The van der Waals surface area contributed by atoms with Crippen molar-refractivity contribution in [3.8, 4) is 0 Å². The SMILES string of the molecule is CC1(C2CCCCC2)CCCNC1.Cl. The predicted octanol–water partition coefficient (Wildman–Crippen LogP) is 3.38. The molecule has 0 aromatic rings. The van der Waals surface area contributed by atoms with E-state index < -0.39 is 0 Å². The molecule has 1 atom stereocenters. The lowest BCUT2D eigenvalue weighted by molar-refractivity contribution is 0.102. The summed E-state index contributed by atoms with van der Waals surface area (Å²) in [6, 6.07) is 0. The van der Waals surface area contributed by atoms with E-state index in [-0.39, 0.29) is 12.4 Å². The summed E-state index contributed by atoms with van der Waals surface area (Å²) in [6.45, 7) is 5.04. The molecule has 2 aliphatic rings. The second-order valence-electron chi connectivity index (χ2n) is 5.27. The first-order chi connectivity index (χ1) is 6.31. The van der Waals surface area contributed by atoms with E-state index in [0.717, 1.165) is 5.92 Å². The van der Waals surface area contributed by atoms with Crippen LogP contribution in [0.5, 0.6) is 0 Å². The molecular weight excluding hydrogens is 194 g/mol. The van der Waals surface area contributed by atoms with Crippen LogP contribution in [0.1, 0.15) is 51.9 Å². The molecule has 0 bridgehead atoms. The summed E-state index contributed by atoms with van der Waals surface area (Å²) in [7, 11) is 0. The Morgan fingerprint density at radius 2 is 1.79 bits per heavy atom. The van der Waals surface area contributed by atoms with Crippen LogP contribution in [0.3, 0.4) is 0 Å². The summed E-state index contributed by atoms with van der Waals surface area (Å²) >= 11 is 0. The molecule has 14 heavy (non-hydrogen) atoms. The molecule has 1 aliphatic carbocycles. The van der Waals surface area contributed by atoms with Crippen LogP contribution in [0.25, 0.3) is 0 Å². The molecule has 1 saturated heterocycles. The van der Waals surface area contributed by atoms with Crippen LogP contribution >= 0.6 is 12.4 Å². The van der Waals surface area contributed by atoms with Crippen LogP contribution in [0, 0.1) is 11.3 Å². The van der Waals surface area contributed by atoms with E-state index in [4.69, 9.17) is 0 Å². The van der Waals surface area contributed by atoms with Crippen molar-refractivity contribution in [1.29, 1.82) is 0 Å². The maximum atomic E-state index is 3.57.